The van der Waals surface area contributed by atoms with Crippen LogP contribution in [0.2, 0.25) is 0 Å². The number of carbonyl (C=O) groups is 1. The van der Waals surface area contributed by atoms with Gasteiger partial charge in [-0.05, 0) is 49.1 Å². The molecule has 4 heteroatoms. The number of carbonyl (C=O) groups excluding carboxylic acids is 1. The van der Waals surface area contributed by atoms with Gasteiger partial charge in [-0.25, -0.2) is 0 Å². The number of fused-ring (bicyclic) bond motifs is 1. The van der Waals surface area contributed by atoms with Gasteiger partial charge < -0.3 is 14.6 Å². The van der Waals surface area contributed by atoms with Crippen LogP contribution in [0.3, 0.4) is 0 Å². The number of phenolic OH excluding ortho intramolecular Hbond substituents is 1. The topological polar surface area (TPSA) is 55.8 Å². The minimum Gasteiger partial charge on any atom is -0.504 e. The fourth-order valence-electron chi connectivity index (χ4n) is 5.60. The van der Waals surface area contributed by atoms with E-state index in [0.29, 0.717) is 24.0 Å². The van der Waals surface area contributed by atoms with Crippen molar-refractivity contribution in [3.63, 3.8) is 0 Å². The Bertz CT molecular complexity index is 653. The van der Waals surface area contributed by atoms with E-state index in [1.54, 1.807) is 14.2 Å². The Morgan fingerprint density at radius 3 is 2.87 bits per heavy atom. The predicted molar refractivity (Wildman–Crippen MR) is 85.9 cm³/mol. The lowest BCUT2D eigenvalue weighted by molar-refractivity contribution is -0.140. The van der Waals surface area contributed by atoms with Gasteiger partial charge >= 0.3 is 0 Å². The van der Waals surface area contributed by atoms with E-state index in [0.717, 1.165) is 31.2 Å². The molecule has 1 aromatic carbocycles. The van der Waals surface area contributed by atoms with E-state index in [4.69, 9.17) is 9.47 Å². The van der Waals surface area contributed by atoms with Crippen molar-refractivity contribution in [3.8, 4) is 11.5 Å². The van der Waals surface area contributed by atoms with Gasteiger partial charge in [0.25, 0.3) is 0 Å². The third kappa shape index (κ3) is 1.97. The van der Waals surface area contributed by atoms with Crippen LogP contribution in [0.1, 0.15) is 43.2 Å². The molecule has 0 spiro atoms. The van der Waals surface area contributed by atoms with Crippen molar-refractivity contribution in [2.24, 2.45) is 11.8 Å². The first-order valence-corrected chi connectivity index (χ1v) is 8.55. The monoisotopic (exact) mass is 316 g/mol. The third-order valence-electron chi connectivity index (χ3n) is 6.51. The maximum Gasteiger partial charge on any atom is 0.162 e. The van der Waals surface area contributed by atoms with Crippen LogP contribution in [0.25, 0.3) is 0 Å². The molecule has 3 aliphatic carbocycles. The zero-order valence-electron chi connectivity index (χ0n) is 13.8. The van der Waals surface area contributed by atoms with Crippen molar-refractivity contribution in [2.45, 2.75) is 50.0 Å². The smallest absolute Gasteiger partial charge is 0.162 e. The molecule has 3 unspecified atom stereocenters. The first kappa shape index (κ1) is 15.0. The van der Waals surface area contributed by atoms with Crippen molar-refractivity contribution in [2.75, 3.05) is 14.2 Å². The third-order valence-corrected chi connectivity index (χ3v) is 6.51. The first-order valence-electron chi connectivity index (χ1n) is 8.55. The number of hydrogen-bond acceptors (Lipinski definition) is 4. The number of ether oxygens (including phenoxy) is 2. The van der Waals surface area contributed by atoms with Crippen LogP contribution in [0.5, 0.6) is 11.5 Å². The molecular formula is C19H24O4. The molecular weight excluding hydrogens is 292 g/mol. The minimum atomic E-state index is -0.275. The number of methoxy groups -OCH3 is 2. The molecule has 23 heavy (non-hydrogen) atoms. The van der Waals surface area contributed by atoms with Crippen LogP contribution >= 0.6 is 0 Å². The van der Waals surface area contributed by atoms with E-state index in [-0.39, 0.29) is 23.1 Å². The Kier molecular flexibility index (Phi) is 3.41. The fraction of sp³-hybridized carbons (Fsp3) is 0.632. The Morgan fingerprint density at radius 2 is 2.13 bits per heavy atom. The minimum absolute atomic E-state index is 0.180. The van der Waals surface area contributed by atoms with E-state index in [1.165, 1.54) is 12.0 Å². The molecule has 3 aliphatic rings. The summed E-state index contributed by atoms with van der Waals surface area (Å²) >= 11 is 0. The molecule has 4 rings (SSSR count). The number of benzene rings is 1. The first-order chi connectivity index (χ1) is 11.1. The highest BCUT2D eigenvalue weighted by atomic mass is 16.5. The summed E-state index contributed by atoms with van der Waals surface area (Å²) in [6.07, 6.45) is 5.30. The summed E-state index contributed by atoms with van der Waals surface area (Å²) in [4.78, 5) is 12.6. The molecule has 0 saturated heterocycles. The quantitative estimate of drug-likeness (QED) is 0.911. The standard InChI is InChI=1S/C19H24O4/c1-22-15-6-5-12-8-11-4-3-7-19(17(12)18(15)21)10-14(20)16(23-2)9-13(11)19/h5-6,11,13,16,21H,3-4,7-10H2,1-2H3/t11?,13?,16?,19-/m1/s1. The molecule has 0 radical (unpaired) electrons. The average Bonchev–Trinajstić information content (AvgIpc) is 2.53. The van der Waals surface area contributed by atoms with Gasteiger partial charge in [-0.1, -0.05) is 12.5 Å². The number of phenols is 1. The van der Waals surface area contributed by atoms with Gasteiger partial charge in [-0.15, -0.1) is 0 Å². The maximum atomic E-state index is 12.6. The summed E-state index contributed by atoms with van der Waals surface area (Å²) in [5.41, 5.74) is 1.97. The van der Waals surface area contributed by atoms with E-state index in [2.05, 4.69) is 6.07 Å². The van der Waals surface area contributed by atoms with Crippen LogP contribution in [-0.4, -0.2) is 31.2 Å². The molecule has 0 heterocycles. The molecule has 2 bridgehead atoms. The van der Waals surface area contributed by atoms with E-state index >= 15 is 0 Å². The summed E-state index contributed by atoms with van der Waals surface area (Å²) in [6.45, 7) is 0. The summed E-state index contributed by atoms with van der Waals surface area (Å²) in [7, 11) is 3.21. The molecule has 0 aromatic heterocycles. The van der Waals surface area contributed by atoms with Crippen molar-refractivity contribution < 1.29 is 19.4 Å². The summed E-state index contributed by atoms with van der Waals surface area (Å²) in [6, 6.07) is 3.93. The van der Waals surface area contributed by atoms with Crippen LogP contribution < -0.4 is 4.74 Å². The molecule has 2 fully saturated rings. The lowest BCUT2D eigenvalue weighted by atomic mass is 9.48. The van der Waals surface area contributed by atoms with Crippen molar-refractivity contribution >= 4 is 5.78 Å². The van der Waals surface area contributed by atoms with Gasteiger partial charge in [0.05, 0.1) is 7.11 Å². The van der Waals surface area contributed by atoms with Crippen LogP contribution in [0, 0.1) is 11.8 Å². The van der Waals surface area contributed by atoms with E-state index < -0.39 is 0 Å². The molecule has 0 aliphatic heterocycles. The van der Waals surface area contributed by atoms with Gasteiger partial charge in [0.15, 0.2) is 17.3 Å². The van der Waals surface area contributed by atoms with Crippen molar-refractivity contribution in [1.29, 1.82) is 0 Å². The molecule has 124 valence electrons. The normalized spacial score (nSPS) is 35.4. The second-order valence-corrected chi connectivity index (χ2v) is 7.37. The largest absolute Gasteiger partial charge is 0.504 e. The fourth-order valence-corrected chi connectivity index (χ4v) is 5.60. The SMILES string of the molecule is COc1ccc2c(c1O)[C@@]13CCCC(C2)C1CC(OC)C(=O)C3. The molecule has 4 atom stereocenters. The molecule has 1 aromatic rings. The van der Waals surface area contributed by atoms with E-state index in [9.17, 15) is 9.90 Å². The van der Waals surface area contributed by atoms with Gasteiger partial charge in [0, 0.05) is 24.5 Å². The molecule has 4 nitrogen and oxygen atoms in total. The highest BCUT2D eigenvalue weighted by Gasteiger charge is 2.56. The zero-order chi connectivity index (χ0) is 16.2. The zero-order valence-corrected chi connectivity index (χ0v) is 13.8. The van der Waals surface area contributed by atoms with Crippen molar-refractivity contribution in [3.05, 3.63) is 23.3 Å². The summed E-state index contributed by atoms with van der Waals surface area (Å²) in [5.74, 6) is 1.96. The maximum absolute atomic E-state index is 12.6. The predicted octanol–water partition coefficient (Wildman–Crippen LogP) is 2.99. The molecule has 2 saturated carbocycles. The molecule has 1 N–H and O–H groups in total. The highest BCUT2D eigenvalue weighted by molar-refractivity contribution is 5.86. The lowest BCUT2D eigenvalue weighted by Gasteiger charge is -2.56. The number of ketones is 1. The summed E-state index contributed by atoms with van der Waals surface area (Å²) < 4.78 is 10.8. The van der Waals surface area contributed by atoms with Crippen LogP contribution in [0.15, 0.2) is 12.1 Å². The number of rotatable bonds is 2. The van der Waals surface area contributed by atoms with Crippen LogP contribution in [0.4, 0.5) is 0 Å². The van der Waals surface area contributed by atoms with Crippen LogP contribution in [-0.2, 0) is 21.4 Å². The Labute approximate surface area is 136 Å². The van der Waals surface area contributed by atoms with Gasteiger partial charge in [0.2, 0.25) is 0 Å². The van der Waals surface area contributed by atoms with Gasteiger partial charge in [0.1, 0.15) is 6.10 Å². The average molecular weight is 316 g/mol. The van der Waals surface area contributed by atoms with Crippen molar-refractivity contribution in [1.82, 2.24) is 0 Å². The number of Topliss-reactive ketones (excluding diaryl/α,β-unsaturated/α-hetero) is 1. The Hall–Kier alpha value is -1.55. The summed E-state index contributed by atoms with van der Waals surface area (Å²) in [5, 5.41) is 10.8. The van der Waals surface area contributed by atoms with E-state index in [1.807, 2.05) is 6.07 Å². The van der Waals surface area contributed by atoms with Gasteiger partial charge in [-0.2, -0.15) is 0 Å². The van der Waals surface area contributed by atoms with Gasteiger partial charge in [-0.3, -0.25) is 4.79 Å². The molecule has 0 amide bonds. The highest BCUT2D eigenvalue weighted by Crippen LogP contribution is 2.61. The number of hydrogen-bond donors (Lipinski definition) is 1. The second kappa shape index (κ2) is 5.23. The number of aromatic hydroxyl groups is 1. The second-order valence-electron chi connectivity index (χ2n) is 7.37. The Morgan fingerprint density at radius 1 is 1.30 bits per heavy atom. The lowest BCUT2D eigenvalue weighted by Crippen LogP contribution is -2.55. The Balaban J connectivity index is 1.90.